The summed E-state index contributed by atoms with van der Waals surface area (Å²) < 4.78 is 5.27. The van der Waals surface area contributed by atoms with Crippen LogP contribution in [0.3, 0.4) is 0 Å². The highest BCUT2D eigenvalue weighted by atomic mass is 16.6. The minimum Gasteiger partial charge on any atom is -0.444 e. The van der Waals surface area contributed by atoms with Crippen molar-refractivity contribution in [3.63, 3.8) is 0 Å². The van der Waals surface area contributed by atoms with Gasteiger partial charge in [-0.15, -0.1) is 0 Å². The molecule has 1 aromatic carbocycles. The van der Waals surface area contributed by atoms with E-state index >= 15 is 0 Å². The van der Waals surface area contributed by atoms with Gasteiger partial charge < -0.3 is 25.4 Å². The van der Waals surface area contributed by atoms with E-state index in [1.54, 1.807) is 0 Å². The van der Waals surface area contributed by atoms with E-state index in [0.29, 0.717) is 18.6 Å². The molecule has 2 atom stereocenters. The molecule has 158 valence electrons. The highest BCUT2D eigenvalue weighted by molar-refractivity contribution is 5.67. The number of carbonyl (C=O) groups is 1. The maximum Gasteiger partial charge on any atom is 0.407 e. The molecular weight excluding hydrogens is 354 g/mol. The van der Waals surface area contributed by atoms with E-state index in [1.807, 2.05) is 39.0 Å². The second kappa shape index (κ2) is 10.8. The first-order chi connectivity index (χ1) is 13.3. The Labute approximate surface area is 169 Å². The van der Waals surface area contributed by atoms with Gasteiger partial charge in [0.05, 0.1) is 12.6 Å². The molecule has 1 fully saturated rings. The van der Waals surface area contributed by atoms with Gasteiger partial charge in [0, 0.05) is 18.6 Å². The highest BCUT2D eigenvalue weighted by Crippen LogP contribution is 2.19. The number of piperidine rings is 1. The maximum atomic E-state index is 11.7. The molecule has 0 saturated carbocycles. The third kappa shape index (κ3) is 7.78. The molecule has 0 spiro atoms. The Kier molecular flexibility index (Phi) is 8.73. The first-order valence-electron chi connectivity index (χ1n) is 10.4. The van der Waals surface area contributed by atoms with Gasteiger partial charge in [-0.1, -0.05) is 30.3 Å². The Balaban J connectivity index is 1.69. The van der Waals surface area contributed by atoms with Crippen LogP contribution in [0.1, 0.15) is 58.6 Å². The minimum absolute atomic E-state index is 0.00629. The zero-order chi connectivity index (χ0) is 20.6. The topological polar surface area (TPSA) is 73.8 Å². The summed E-state index contributed by atoms with van der Waals surface area (Å²) in [5.74, 6) is 0. The summed E-state index contributed by atoms with van der Waals surface area (Å²) in [5, 5.41) is 16.2. The molecule has 28 heavy (non-hydrogen) atoms. The number of likely N-dealkylation sites (tertiary alicyclic amines) is 1. The molecule has 1 aliphatic heterocycles. The zero-order valence-corrected chi connectivity index (χ0v) is 17.8. The Bertz CT molecular complexity index is 580. The largest absolute Gasteiger partial charge is 0.444 e. The van der Waals surface area contributed by atoms with Crippen molar-refractivity contribution in [1.29, 1.82) is 0 Å². The predicted molar refractivity (Wildman–Crippen MR) is 112 cm³/mol. The average Bonchev–Trinajstić information content (AvgIpc) is 2.65. The molecule has 0 aromatic heterocycles. The van der Waals surface area contributed by atoms with E-state index in [4.69, 9.17) is 4.74 Å². The van der Waals surface area contributed by atoms with Crippen LogP contribution < -0.4 is 10.6 Å². The zero-order valence-electron chi connectivity index (χ0n) is 17.8. The fraction of sp³-hybridized carbons (Fsp3) is 0.682. The van der Waals surface area contributed by atoms with E-state index in [-0.39, 0.29) is 18.7 Å². The normalized spacial score (nSPS) is 18.5. The third-order valence-electron chi connectivity index (χ3n) is 5.20. The van der Waals surface area contributed by atoms with Crippen LogP contribution in [-0.2, 0) is 4.74 Å². The standard InChI is InChI=1S/C22H37N3O3/c1-17(10-13-23-21(27)28-22(2,3)4)25-14-11-19(12-15-25)24-20(16-26)18-8-6-5-7-9-18/h5-9,17,19-20,24,26H,10-16H2,1-4H3,(H,23,27). The van der Waals surface area contributed by atoms with Crippen LogP contribution in [0.4, 0.5) is 4.79 Å². The molecule has 0 aliphatic carbocycles. The Morgan fingerprint density at radius 2 is 1.89 bits per heavy atom. The van der Waals surface area contributed by atoms with Gasteiger partial charge in [-0.2, -0.15) is 0 Å². The summed E-state index contributed by atoms with van der Waals surface area (Å²) in [7, 11) is 0. The molecule has 2 rings (SSSR count). The number of benzene rings is 1. The quantitative estimate of drug-likeness (QED) is 0.635. The SMILES string of the molecule is CC(CCNC(=O)OC(C)(C)C)N1CCC(NC(CO)c2ccccc2)CC1. The van der Waals surface area contributed by atoms with Crippen molar-refractivity contribution >= 4 is 6.09 Å². The van der Waals surface area contributed by atoms with Gasteiger partial charge in [0.1, 0.15) is 5.60 Å². The lowest BCUT2D eigenvalue weighted by atomic mass is 9.99. The summed E-state index contributed by atoms with van der Waals surface area (Å²) in [6, 6.07) is 11.0. The molecule has 6 heteroatoms. The van der Waals surface area contributed by atoms with Crippen LogP contribution in [0.5, 0.6) is 0 Å². The van der Waals surface area contributed by atoms with Gasteiger partial charge in [0.25, 0.3) is 0 Å². The van der Waals surface area contributed by atoms with Gasteiger partial charge in [0.2, 0.25) is 0 Å². The Morgan fingerprint density at radius 3 is 2.46 bits per heavy atom. The van der Waals surface area contributed by atoms with Crippen LogP contribution in [-0.4, -0.2) is 60.0 Å². The Morgan fingerprint density at radius 1 is 1.25 bits per heavy atom. The molecule has 1 aliphatic rings. The number of aliphatic hydroxyl groups excluding tert-OH is 1. The number of aliphatic hydroxyl groups is 1. The number of amides is 1. The highest BCUT2D eigenvalue weighted by Gasteiger charge is 2.25. The summed E-state index contributed by atoms with van der Waals surface area (Å²) >= 11 is 0. The molecule has 1 aromatic rings. The second-order valence-electron chi connectivity index (χ2n) is 8.69. The number of hydrogen-bond acceptors (Lipinski definition) is 5. The minimum atomic E-state index is -0.462. The molecule has 6 nitrogen and oxygen atoms in total. The maximum absolute atomic E-state index is 11.7. The molecular formula is C22H37N3O3. The monoisotopic (exact) mass is 391 g/mol. The van der Waals surface area contributed by atoms with E-state index in [0.717, 1.165) is 37.9 Å². The molecule has 1 amide bonds. The first kappa shape index (κ1) is 22.7. The lowest BCUT2D eigenvalue weighted by molar-refractivity contribution is 0.0520. The van der Waals surface area contributed by atoms with Crippen LogP contribution in [0, 0.1) is 0 Å². The lowest BCUT2D eigenvalue weighted by Crippen LogP contribution is -2.47. The van der Waals surface area contributed by atoms with Crippen LogP contribution in [0.25, 0.3) is 0 Å². The van der Waals surface area contributed by atoms with Gasteiger partial charge in [-0.25, -0.2) is 4.79 Å². The molecule has 2 unspecified atom stereocenters. The lowest BCUT2D eigenvalue weighted by Gasteiger charge is -2.37. The van der Waals surface area contributed by atoms with Gasteiger partial charge in [0.15, 0.2) is 0 Å². The molecule has 1 heterocycles. The second-order valence-corrected chi connectivity index (χ2v) is 8.69. The van der Waals surface area contributed by atoms with E-state index < -0.39 is 5.60 Å². The number of alkyl carbamates (subject to hydrolysis) is 1. The Hall–Kier alpha value is -1.63. The molecule has 3 N–H and O–H groups in total. The number of hydrogen-bond donors (Lipinski definition) is 3. The van der Waals surface area contributed by atoms with Crippen molar-refractivity contribution in [2.45, 2.75) is 70.7 Å². The van der Waals surface area contributed by atoms with Crippen LogP contribution in [0.2, 0.25) is 0 Å². The number of rotatable bonds is 8. The van der Waals surface area contributed by atoms with Crippen LogP contribution in [0.15, 0.2) is 30.3 Å². The first-order valence-corrected chi connectivity index (χ1v) is 10.4. The number of ether oxygens (including phenoxy) is 1. The van der Waals surface area contributed by atoms with Crippen molar-refractivity contribution in [1.82, 2.24) is 15.5 Å². The van der Waals surface area contributed by atoms with E-state index in [9.17, 15) is 9.90 Å². The van der Waals surface area contributed by atoms with E-state index in [1.165, 1.54) is 0 Å². The van der Waals surface area contributed by atoms with Crippen molar-refractivity contribution in [3.05, 3.63) is 35.9 Å². The van der Waals surface area contributed by atoms with Crippen molar-refractivity contribution in [2.24, 2.45) is 0 Å². The molecule has 0 bridgehead atoms. The summed E-state index contributed by atoms with van der Waals surface area (Å²) in [6.07, 6.45) is 2.68. The fourth-order valence-electron chi connectivity index (χ4n) is 3.61. The summed E-state index contributed by atoms with van der Waals surface area (Å²) in [6.45, 7) is 10.6. The van der Waals surface area contributed by atoms with Crippen molar-refractivity contribution in [3.8, 4) is 0 Å². The molecule has 1 saturated heterocycles. The van der Waals surface area contributed by atoms with Crippen molar-refractivity contribution in [2.75, 3.05) is 26.2 Å². The number of nitrogens with zero attached hydrogens (tertiary/aromatic N) is 1. The predicted octanol–water partition coefficient (Wildman–Crippen LogP) is 3.08. The fourth-order valence-corrected chi connectivity index (χ4v) is 3.61. The van der Waals surface area contributed by atoms with E-state index in [2.05, 4.69) is 34.6 Å². The van der Waals surface area contributed by atoms with Crippen molar-refractivity contribution < 1.29 is 14.6 Å². The van der Waals surface area contributed by atoms with Gasteiger partial charge >= 0.3 is 6.09 Å². The number of nitrogens with one attached hydrogen (secondary N) is 2. The third-order valence-corrected chi connectivity index (χ3v) is 5.20. The average molecular weight is 392 g/mol. The summed E-state index contributed by atoms with van der Waals surface area (Å²) in [4.78, 5) is 14.2. The van der Waals surface area contributed by atoms with Gasteiger partial charge in [-0.3, -0.25) is 0 Å². The summed E-state index contributed by atoms with van der Waals surface area (Å²) in [5.41, 5.74) is 0.672. The smallest absolute Gasteiger partial charge is 0.407 e. The van der Waals surface area contributed by atoms with Gasteiger partial charge in [-0.05, 0) is 65.6 Å². The molecule has 0 radical (unpaired) electrons. The number of carbonyl (C=O) groups excluding carboxylic acids is 1. The van der Waals surface area contributed by atoms with Crippen LogP contribution >= 0.6 is 0 Å².